The van der Waals surface area contributed by atoms with E-state index in [9.17, 15) is 4.79 Å². The van der Waals surface area contributed by atoms with Crippen LogP contribution in [0.3, 0.4) is 0 Å². The molecule has 78 valence electrons. The smallest absolute Gasteiger partial charge is 0.163 e. The van der Waals surface area contributed by atoms with Crippen molar-refractivity contribution in [1.82, 2.24) is 0 Å². The molecule has 0 aromatic heterocycles. The van der Waals surface area contributed by atoms with E-state index < -0.39 is 5.60 Å². The van der Waals surface area contributed by atoms with Gasteiger partial charge in [0.1, 0.15) is 5.75 Å². The fourth-order valence-electron chi connectivity index (χ4n) is 1.16. The van der Waals surface area contributed by atoms with E-state index in [-0.39, 0.29) is 0 Å². The Morgan fingerprint density at radius 3 is 2.67 bits per heavy atom. The molecule has 0 saturated carbocycles. The van der Waals surface area contributed by atoms with Crippen LogP contribution >= 0.6 is 0 Å². The number of carbonyl (C=O) groups is 1. The van der Waals surface area contributed by atoms with Crippen LogP contribution in [0.25, 0.3) is 0 Å². The van der Waals surface area contributed by atoms with Gasteiger partial charge in [0.15, 0.2) is 11.9 Å². The molecular weight excluding hydrogens is 188 g/mol. The van der Waals surface area contributed by atoms with Crippen LogP contribution in [0.5, 0.6) is 5.75 Å². The summed E-state index contributed by atoms with van der Waals surface area (Å²) in [5.41, 5.74) is 0.841. The minimum atomic E-state index is -0.701. The molecule has 0 heterocycles. The number of terminal acetylenes is 1. The molecule has 1 aromatic carbocycles. The van der Waals surface area contributed by atoms with Gasteiger partial charge in [0.25, 0.3) is 0 Å². The molecule has 0 bridgehead atoms. The van der Waals surface area contributed by atoms with Crippen LogP contribution in [0.2, 0.25) is 0 Å². The second kappa shape index (κ2) is 4.18. The molecule has 1 aromatic rings. The van der Waals surface area contributed by atoms with Gasteiger partial charge in [-0.2, -0.15) is 0 Å². The Hall–Kier alpha value is -1.75. The number of aldehydes is 1. The summed E-state index contributed by atoms with van der Waals surface area (Å²) in [6, 6.07) is 5.42. The first-order chi connectivity index (χ1) is 6.98. The fraction of sp³-hybridized carbons (Fsp3) is 0.308. The molecule has 0 saturated heterocycles. The first-order valence-corrected chi connectivity index (χ1v) is 4.71. The molecule has 2 nitrogen and oxygen atoms in total. The molecule has 0 amide bonds. The molecule has 0 radical (unpaired) electrons. The minimum Gasteiger partial charge on any atom is -0.474 e. The summed E-state index contributed by atoms with van der Waals surface area (Å²) < 4.78 is 5.56. The van der Waals surface area contributed by atoms with Crippen LogP contribution in [0.1, 0.15) is 29.8 Å². The molecular formula is C13H14O2. The van der Waals surface area contributed by atoms with Crippen molar-refractivity contribution in [2.75, 3.05) is 0 Å². The molecule has 0 aliphatic heterocycles. The predicted octanol–water partition coefficient (Wildman–Crippen LogP) is 2.60. The summed E-state index contributed by atoms with van der Waals surface area (Å²) in [6.45, 7) is 5.48. The SMILES string of the molecule is C#CC(C)(C)Oc1ccc(C)cc1C=O. The first-order valence-electron chi connectivity index (χ1n) is 4.71. The number of rotatable bonds is 3. The van der Waals surface area contributed by atoms with E-state index >= 15 is 0 Å². The van der Waals surface area contributed by atoms with Crippen molar-refractivity contribution in [1.29, 1.82) is 0 Å². The normalized spacial score (nSPS) is 10.5. The lowest BCUT2D eigenvalue weighted by Crippen LogP contribution is -2.26. The number of carbonyl (C=O) groups excluding carboxylic acids is 1. The van der Waals surface area contributed by atoms with Crippen LogP contribution in [-0.4, -0.2) is 11.9 Å². The van der Waals surface area contributed by atoms with Crippen LogP contribution in [0, 0.1) is 19.3 Å². The average Bonchev–Trinajstić information content (AvgIpc) is 2.20. The van der Waals surface area contributed by atoms with Gasteiger partial charge >= 0.3 is 0 Å². The highest BCUT2D eigenvalue weighted by molar-refractivity contribution is 5.79. The second-order valence-corrected chi connectivity index (χ2v) is 3.92. The Balaban J connectivity index is 3.06. The number of aryl methyl sites for hydroxylation is 1. The monoisotopic (exact) mass is 202 g/mol. The van der Waals surface area contributed by atoms with E-state index in [0.717, 1.165) is 11.8 Å². The predicted molar refractivity (Wildman–Crippen MR) is 60.1 cm³/mol. The van der Waals surface area contributed by atoms with Gasteiger partial charge in [0.2, 0.25) is 0 Å². The molecule has 2 heteroatoms. The highest BCUT2D eigenvalue weighted by Gasteiger charge is 2.17. The van der Waals surface area contributed by atoms with Gasteiger partial charge in [0, 0.05) is 0 Å². The highest BCUT2D eigenvalue weighted by Crippen LogP contribution is 2.22. The van der Waals surface area contributed by atoms with Crippen molar-refractivity contribution >= 4 is 6.29 Å². The van der Waals surface area contributed by atoms with Crippen molar-refractivity contribution in [2.24, 2.45) is 0 Å². The Bertz CT molecular complexity index is 411. The Morgan fingerprint density at radius 1 is 1.47 bits per heavy atom. The minimum absolute atomic E-state index is 0.526. The van der Waals surface area contributed by atoms with Gasteiger partial charge in [-0.25, -0.2) is 0 Å². The summed E-state index contributed by atoms with van der Waals surface area (Å²) >= 11 is 0. The molecule has 15 heavy (non-hydrogen) atoms. The van der Waals surface area contributed by atoms with Crippen molar-refractivity contribution in [2.45, 2.75) is 26.4 Å². The zero-order valence-corrected chi connectivity index (χ0v) is 9.20. The third-order valence-electron chi connectivity index (χ3n) is 2.00. The van der Waals surface area contributed by atoms with Crippen LogP contribution < -0.4 is 4.74 Å². The summed E-state index contributed by atoms with van der Waals surface area (Å²) in [7, 11) is 0. The lowest BCUT2D eigenvalue weighted by atomic mass is 10.1. The molecule has 0 aliphatic carbocycles. The quantitative estimate of drug-likeness (QED) is 0.556. The summed E-state index contributed by atoms with van der Waals surface area (Å²) in [5, 5.41) is 0. The van der Waals surface area contributed by atoms with Crippen molar-refractivity contribution < 1.29 is 9.53 Å². The van der Waals surface area contributed by atoms with Crippen molar-refractivity contribution in [3.05, 3.63) is 29.3 Å². The number of hydrogen-bond acceptors (Lipinski definition) is 2. The summed E-state index contributed by atoms with van der Waals surface area (Å²) in [6.07, 6.45) is 6.08. The number of hydrogen-bond donors (Lipinski definition) is 0. The number of ether oxygens (including phenoxy) is 1. The number of benzene rings is 1. The van der Waals surface area contributed by atoms with Gasteiger partial charge in [-0.05, 0) is 32.9 Å². The van der Waals surface area contributed by atoms with Crippen LogP contribution in [0.15, 0.2) is 18.2 Å². The lowest BCUT2D eigenvalue weighted by molar-refractivity contribution is 0.111. The zero-order chi connectivity index (χ0) is 11.5. The van der Waals surface area contributed by atoms with Gasteiger partial charge in [0.05, 0.1) is 5.56 Å². The van der Waals surface area contributed by atoms with E-state index in [1.807, 2.05) is 13.0 Å². The summed E-state index contributed by atoms with van der Waals surface area (Å²) in [4.78, 5) is 10.8. The van der Waals surface area contributed by atoms with Gasteiger partial charge in [-0.15, -0.1) is 6.42 Å². The maximum absolute atomic E-state index is 10.8. The average molecular weight is 202 g/mol. The van der Waals surface area contributed by atoms with E-state index in [1.165, 1.54) is 0 Å². The highest BCUT2D eigenvalue weighted by atomic mass is 16.5. The molecule has 0 unspecified atom stereocenters. The van der Waals surface area contributed by atoms with Gasteiger partial charge in [-0.3, -0.25) is 4.79 Å². The Labute approximate surface area is 90.3 Å². The third kappa shape index (κ3) is 2.85. The molecule has 1 rings (SSSR count). The maximum Gasteiger partial charge on any atom is 0.163 e. The zero-order valence-electron chi connectivity index (χ0n) is 9.20. The molecule has 0 aliphatic rings. The van der Waals surface area contributed by atoms with Gasteiger partial charge < -0.3 is 4.74 Å². The Kier molecular flexibility index (Phi) is 3.16. The van der Waals surface area contributed by atoms with Crippen LogP contribution in [-0.2, 0) is 0 Å². The largest absolute Gasteiger partial charge is 0.474 e. The molecule has 0 atom stereocenters. The second-order valence-electron chi connectivity index (χ2n) is 3.92. The van der Waals surface area contributed by atoms with Gasteiger partial charge in [-0.1, -0.05) is 17.6 Å². The standard InChI is InChI=1S/C13H14O2/c1-5-13(3,4)15-12-7-6-10(2)8-11(12)9-14/h1,6-9H,2-4H3. The van der Waals surface area contributed by atoms with E-state index in [0.29, 0.717) is 11.3 Å². The lowest BCUT2D eigenvalue weighted by Gasteiger charge is -2.21. The fourth-order valence-corrected chi connectivity index (χ4v) is 1.16. The van der Waals surface area contributed by atoms with Crippen molar-refractivity contribution in [3.63, 3.8) is 0 Å². The third-order valence-corrected chi connectivity index (χ3v) is 2.00. The van der Waals surface area contributed by atoms with E-state index in [4.69, 9.17) is 11.2 Å². The Morgan fingerprint density at radius 2 is 2.13 bits per heavy atom. The topological polar surface area (TPSA) is 26.3 Å². The van der Waals surface area contributed by atoms with E-state index in [1.54, 1.807) is 26.0 Å². The molecule has 0 N–H and O–H groups in total. The molecule has 0 spiro atoms. The summed E-state index contributed by atoms with van der Waals surface area (Å²) in [5.74, 6) is 3.04. The first kappa shape index (κ1) is 11.3. The van der Waals surface area contributed by atoms with Crippen molar-refractivity contribution in [3.8, 4) is 18.1 Å². The maximum atomic E-state index is 10.8. The van der Waals surface area contributed by atoms with Crippen LogP contribution in [0.4, 0.5) is 0 Å². The van der Waals surface area contributed by atoms with E-state index in [2.05, 4.69) is 5.92 Å². The molecule has 0 fully saturated rings.